The zero-order chi connectivity index (χ0) is 26.2. The van der Waals surface area contributed by atoms with Crippen LogP contribution in [0, 0.1) is 5.41 Å². The molecule has 2 atom stereocenters. The highest BCUT2D eigenvalue weighted by Gasteiger charge is 2.26. The van der Waals surface area contributed by atoms with E-state index >= 15 is 0 Å². The Morgan fingerprint density at radius 3 is 2.31 bits per heavy atom. The number of carbonyl (C=O) groups excluding carboxylic acids is 1. The van der Waals surface area contributed by atoms with Crippen LogP contribution < -0.4 is 5.32 Å². The maximum Gasteiger partial charge on any atom is 0.313 e. The predicted octanol–water partition coefficient (Wildman–Crippen LogP) is 6.71. The summed E-state index contributed by atoms with van der Waals surface area (Å²) in [6.07, 6.45) is 14.4. The van der Waals surface area contributed by atoms with Crippen molar-refractivity contribution in [3.05, 3.63) is 88.6 Å². The third-order valence-electron chi connectivity index (χ3n) is 6.42. The van der Waals surface area contributed by atoms with Crippen LogP contribution in [0.15, 0.2) is 83.0 Å². The number of hydrogen-bond donors (Lipinski definition) is 3. The molecule has 188 valence electrons. The second-order valence-corrected chi connectivity index (χ2v) is 10.1. The molecule has 1 aliphatic carbocycles. The highest BCUT2D eigenvalue weighted by Crippen LogP contribution is 2.40. The molecule has 0 saturated carbocycles. The maximum atomic E-state index is 12.3. The number of benzene rings is 1. The number of carbonyl (C=O) groups is 2. The number of allylic oxidation sites excluding steroid dienone is 9. The average molecular weight is 478 g/mol. The van der Waals surface area contributed by atoms with Crippen LogP contribution in [-0.2, 0) is 9.59 Å². The number of hydrogen-bond acceptors (Lipinski definition) is 3. The molecule has 0 fully saturated rings. The molecule has 2 unspecified atom stereocenters. The number of carboxylic acid groups (broad SMARTS) is 1. The van der Waals surface area contributed by atoms with Crippen molar-refractivity contribution in [2.75, 3.05) is 5.32 Å². The fourth-order valence-electron chi connectivity index (χ4n) is 4.47. The highest BCUT2D eigenvalue weighted by atomic mass is 16.4. The number of aliphatic carboxylic acids is 1. The number of anilines is 1. The van der Waals surface area contributed by atoms with Crippen molar-refractivity contribution < 1.29 is 19.8 Å². The molecule has 0 saturated heterocycles. The number of nitrogens with one attached hydrogen (secondary N) is 1. The van der Waals surface area contributed by atoms with Gasteiger partial charge in [0.25, 0.3) is 0 Å². The van der Waals surface area contributed by atoms with Crippen LogP contribution in [0.2, 0.25) is 0 Å². The minimum Gasteiger partial charge on any atom is -0.481 e. The molecule has 0 aromatic heterocycles. The lowest BCUT2D eigenvalue weighted by molar-refractivity contribution is -0.141. The molecule has 5 nitrogen and oxygen atoms in total. The lowest BCUT2D eigenvalue weighted by atomic mass is 9.72. The Morgan fingerprint density at radius 1 is 1.09 bits per heavy atom. The summed E-state index contributed by atoms with van der Waals surface area (Å²) in [5, 5.41) is 21.8. The molecule has 1 aromatic rings. The molecule has 1 aromatic carbocycles. The first kappa shape index (κ1) is 28.1. The Morgan fingerprint density at radius 2 is 1.74 bits per heavy atom. The second-order valence-electron chi connectivity index (χ2n) is 10.1. The maximum absolute atomic E-state index is 12.3. The third-order valence-corrected chi connectivity index (χ3v) is 6.42. The Kier molecular flexibility index (Phi) is 10.0. The summed E-state index contributed by atoms with van der Waals surface area (Å²) < 4.78 is 0. The van der Waals surface area contributed by atoms with E-state index in [0.29, 0.717) is 11.3 Å². The molecule has 2 rings (SSSR count). The van der Waals surface area contributed by atoms with Crippen molar-refractivity contribution >= 4 is 17.6 Å². The van der Waals surface area contributed by atoms with E-state index in [1.807, 2.05) is 25.2 Å². The lowest BCUT2D eigenvalue weighted by Crippen LogP contribution is -2.23. The van der Waals surface area contributed by atoms with E-state index in [0.717, 1.165) is 11.1 Å². The summed E-state index contributed by atoms with van der Waals surface area (Å²) in [6.45, 7) is 12.2. The fraction of sp³-hybridized carbons (Fsp3) is 0.400. The minimum absolute atomic E-state index is 0.219. The van der Waals surface area contributed by atoms with Crippen LogP contribution in [-0.4, -0.2) is 28.2 Å². The normalized spacial score (nSPS) is 18.7. The molecule has 1 amide bonds. The average Bonchev–Trinajstić information content (AvgIpc) is 2.73. The van der Waals surface area contributed by atoms with E-state index in [-0.39, 0.29) is 11.3 Å². The van der Waals surface area contributed by atoms with Gasteiger partial charge >= 0.3 is 5.97 Å². The summed E-state index contributed by atoms with van der Waals surface area (Å²) in [6, 6.07) is 6.47. The molecule has 35 heavy (non-hydrogen) atoms. The molecule has 0 radical (unpaired) electrons. The zero-order valence-electron chi connectivity index (χ0n) is 21.8. The number of aliphatic hydroxyl groups is 1. The van der Waals surface area contributed by atoms with E-state index in [2.05, 4.69) is 45.2 Å². The van der Waals surface area contributed by atoms with E-state index < -0.39 is 18.0 Å². The molecule has 0 aliphatic heterocycles. The smallest absolute Gasteiger partial charge is 0.313 e. The van der Waals surface area contributed by atoms with Crippen LogP contribution in [0.25, 0.3) is 0 Å². The monoisotopic (exact) mass is 477 g/mol. The van der Waals surface area contributed by atoms with Crippen molar-refractivity contribution in [1.82, 2.24) is 0 Å². The topological polar surface area (TPSA) is 86.6 Å². The van der Waals surface area contributed by atoms with Gasteiger partial charge in [-0.2, -0.15) is 0 Å². The summed E-state index contributed by atoms with van der Waals surface area (Å²) in [7, 11) is 0. The third kappa shape index (κ3) is 8.52. The van der Waals surface area contributed by atoms with Crippen molar-refractivity contribution in [2.24, 2.45) is 5.41 Å². The number of aliphatic hydroxyl groups excluding tert-OH is 1. The van der Waals surface area contributed by atoms with Crippen LogP contribution in [0.5, 0.6) is 0 Å². The van der Waals surface area contributed by atoms with Gasteiger partial charge in [0.1, 0.15) is 5.92 Å². The molecular weight excluding hydrogens is 438 g/mol. The first-order valence-corrected chi connectivity index (χ1v) is 12.1. The Balaban J connectivity index is 1.97. The first-order chi connectivity index (χ1) is 16.4. The van der Waals surface area contributed by atoms with Gasteiger partial charge < -0.3 is 15.5 Å². The molecule has 3 N–H and O–H groups in total. The number of rotatable bonds is 9. The molecule has 0 spiro atoms. The van der Waals surface area contributed by atoms with Crippen LogP contribution in [0.1, 0.15) is 72.3 Å². The van der Waals surface area contributed by atoms with Gasteiger partial charge in [0.2, 0.25) is 5.91 Å². The van der Waals surface area contributed by atoms with Gasteiger partial charge in [0, 0.05) is 11.8 Å². The standard InChI is InChI=1S/C30H39NO4/c1-20(12-17-26-22(3)11-8-18-30(26,5)6)9-7-10-21(2)19-27(33)31-25-15-13-24(14-16-25)28(23(4)32)29(34)35/h7,9-10,12-17,19,23,28,32H,8,11,18H2,1-6H3,(H,31,33)(H,34,35)/b10-7+,17-12+,20-9+,21-19+. The Bertz CT molecular complexity index is 1070. The van der Waals surface area contributed by atoms with E-state index in [1.165, 1.54) is 43.4 Å². The van der Waals surface area contributed by atoms with E-state index in [1.54, 1.807) is 24.3 Å². The quantitative estimate of drug-likeness (QED) is 0.273. The van der Waals surface area contributed by atoms with Gasteiger partial charge in [0.05, 0.1) is 6.10 Å². The van der Waals surface area contributed by atoms with Gasteiger partial charge in [-0.25, -0.2) is 0 Å². The summed E-state index contributed by atoms with van der Waals surface area (Å²) in [5.41, 5.74) is 6.11. The minimum atomic E-state index is -1.09. The van der Waals surface area contributed by atoms with Gasteiger partial charge in [-0.05, 0) is 81.2 Å². The van der Waals surface area contributed by atoms with E-state index in [4.69, 9.17) is 0 Å². The van der Waals surface area contributed by atoms with Gasteiger partial charge in [-0.15, -0.1) is 0 Å². The van der Waals surface area contributed by atoms with Crippen LogP contribution in [0.4, 0.5) is 5.69 Å². The number of carboxylic acids is 1. The van der Waals surface area contributed by atoms with Crippen molar-refractivity contribution in [1.29, 1.82) is 0 Å². The summed E-state index contributed by atoms with van der Waals surface area (Å²) in [4.78, 5) is 23.7. The summed E-state index contributed by atoms with van der Waals surface area (Å²) in [5.74, 6) is -2.37. The van der Waals surface area contributed by atoms with Crippen molar-refractivity contribution in [3.8, 4) is 0 Å². The Hall–Kier alpha value is -3.18. The molecule has 0 bridgehead atoms. The first-order valence-electron chi connectivity index (χ1n) is 12.1. The van der Waals surface area contributed by atoms with Gasteiger partial charge in [-0.1, -0.05) is 67.5 Å². The van der Waals surface area contributed by atoms with Crippen LogP contribution in [0.3, 0.4) is 0 Å². The molecular formula is C30H39NO4. The lowest BCUT2D eigenvalue weighted by Gasteiger charge is -2.32. The molecule has 1 aliphatic rings. The van der Waals surface area contributed by atoms with Gasteiger partial charge in [-0.3, -0.25) is 9.59 Å². The predicted molar refractivity (Wildman–Crippen MR) is 143 cm³/mol. The molecule has 0 heterocycles. The fourth-order valence-corrected chi connectivity index (χ4v) is 4.47. The summed E-state index contributed by atoms with van der Waals surface area (Å²) >= 11 is 0. The molecule has 5 heteroatoms. The number of amides is 1. The Labute approximate surface area is 209 Å². The van der Waals surface area contributed by atoms with Crippen LogP contribution >= 0.6 is 0 Å². The largest absolute Gasteiger partial charge is 0.481 e. The van der Waals surface area contributed by atoms with Crippen molar-refractivity contribution in [2.45, 2.75) is 72.8 Å². The second kappa shape index (κ2) is 12.5. The SMILES string of the molecule is CC1=C(/C=C/C(C)=C/C=C/C(C)=C/C(=O)Nc2ccc(C(C(=O)O)C(C)O)cc2)C(C)(C)CCC1. The zero-order valence-corrected chi connectivity index (χ0v) is 21.8. The van der Waals surface area contributed by atoms with E-state index in [9.17, 15) is 19.8 Å². The van der Waals surface area contributed by atoms with Crippen molar-refractivity contribution in [3.63, 3.8) is 0 Å². The van der Waals surface area contributed by atoms with Gasteiger partial charge in [0.15, 0.2) is 0 Å². The highest BCUT2D eigenvalue weighted by molar-refractivity contribution is 6.00.